The van der Waals surface area contributed by atoms with Crippen LogP contribution >= 0.6 is 27.3 Å². The van der Waals surface area contributed by atoms with E-state index in [-0.39, 0.29) is 17.9 Å². The number of benzene rings is 1. The fourth-order valence-corrected chi connectivity index (χ4v) is 2.49. The Bertz CT molecular complexity index is 718. The number of rotatable bonds is 3. The van der Waals surface area contributed by atoms with Gasteiger partial charge in [0.2, 0.25) is 0 Å². The van der Waals surface area contributed by atoms with Crippen molar-refractivity contribution in [1.82, 2.24) is 4.98 Å². The van der Waals surface area contributed by atoms with E-state index in [1.807, 2.05) is 0 Å². The largest absolute Gasteiger partial charge is 0.507 e. The molecule has 0 unspecified atom stereocenters. The van der Waals surface area contributed by atoms with E-state index >= 15 is 0 Å². The lowest BCUT2D eigenvalue weighted by Gasteiger charge is -2.04. The molecule has 0 saturated heterocycles. The molecule has 3 N–H and O–H groups in total. The quantitative estimate of drug-likeness (QED) is 0.729. The number of hydrogen-bond donors (Lipinski definition) is 3. The van der Waals surface area contributed by atoms with Gasteiger partial charge in [-0.2, -0.15) is 0 Å². The lowest BCUT2D eigenvalue weighted by atomic mass is 10.2. The van der Waals surface area contributed by atoms with Crippen LogP contribution in [0.25, 0.3) is 0 Å². The van der Waals surface area contributed by atoms with Gasteiger partial charge in [0.1, 0.15) is 5.75 Å². The zero-order valence-electron chi connectivity index (χ0n) is 10.8. The molecular formula is C14H11BrN2O3S. The van der Waals surface area contributed by atoms with Gasteiger partial charge in [-0.15, -0.1) is 0 Å². The summed E-state index contributed by atoms with van der Waals surface area (Å²) in [4.78, 5) is 16.8. The van der Waals surface area contributed by atoms with Gasteiger partial charge < -0.3 is 10.2 Å². The van der Waals surface area contributed by atoms with Crippen molar-refractivity contribution in [2.75, 3.05) is 11.9 Å². The summed E-state index contributed by atoms with van der Waals surface area (Å²) in [7, 11) is 0. The monoisotopic (exact) mass is 366 g/mol. The molecule has 0 radical (unpaired) electrons. The van der Waals surface area contributed by atoms with Crippen LogP contribution < -0.4 is 5.32 Å². The number of halogens is 1. The second kappa shape index (κ2) is 7.22. The van der Waals surface area contributed by atoms with Crippen molar-refractivity contribution in [2.45, 2.75) is 6.42 Å². The summed E-state index contributed by atoms with van der Waals surface area (Å²) < 4.78 is 0.687. The van der Waals surface area contributed by atoms with Gasteiger partial charge in [0, 0.05) is 10.9 Å². The Hall–Kier alpha value is -1.88. The van der Waals surface area contributed by atoms with Crippen LogP contribution in [0.1, 0.15) is 21.7 Å². The zero-order chi connectivity index (χ0) is 15.2. The lowest BCUT2D eigenvalue weighted by Crippen LogP contribution is -2.11. The highest BCUT2D eigenvalue weighted by Gasteiger charge is 2.13. The zero-order valence-corrected chi connectivity index (χ0v) is 13.2. The molecular weight excluding hydrogens is 356 g/mol. The van der Waals surface area contributed by atoms with Crippen molar-refractivity contribution in [1.29, 1.82) is 0 Å². The highest BCUT2D eigenvalue weighted by atomic mass is 79.9. The van der Waals surface area contributed by atoms with E-state index in [0.717, 1.165) is 0 Å². The average molecular weight is 367 g/mol. The molecule has 1 aromatic heterocycles. The second-order valence-corrected chi connectivity index (χ2v) is 5.87. The first-order chi connectivity index (χ1) is 10.1. The number of nitrogens with one attached hydrogen (secondary N) is 1. The molecule has 0 spiro atoms. The number of phenols is 1. The van der Waals surface area contributed by atoms with Gasteiger partial charge in [-0.25, -0.2) is 4.98 Å². The van der Waals surface area contributed by atoms with Crippen LogP contribution in [0.15, 0.2) is 28.9 Å². The molecule has 2 rings (SSSR count). The lowest BCUT2D eigenvalue weighted by molar-refractivity contribution is 0.102. The molecule has 0 aliphatic heterocycles. The standard InChI is InChI=1S/C14H11BrN2O3S/c15-9-4-5-11(12(19)7-9)13(20)17-14-16-8-10(21-14)3-1-2-6-18/h4-5,7-8,18-19H,2,6H2,(H,16,17,20). The summed E-state index contributed by atoms with van der Waals surface area (Å²) >= 11 is 4.44. The average Bonchev–Trinajstić information content (AvgIpc) is 2.86. The van der Waals surface area contributed by atoms with E-state index in [0.29, 0.717) is 20.9 Å². The maximum absolute atomic E-state index is 12.0. The molecule has 1 heterocycles. The van der Waals surface area contributed by atoms with E-state index in [1.54, 1.807) is 12.3 Å². The fraction of sp³-hybridized carbons (Fsp3) is 0.143. The Morgan fingerprint density at radius 3 is 3.00 bits per heavy atom. The minimum atomic E-state index is -0.441. The molecule has 0 aliphatic rings. The summed E-state index contributed by atoms with van der Waals surface area (Å²) in [5.41, 5.74) is 0.168. The summed E-state index contributed by atoms with van der Waals surface area (Å²) in [6.45, 7) is 0.0121. The van der Waals surface area contributed by atoms with Crippen LogP contribution in [-0.4, -0.2) is 27.7 Å². The number of amides is 1. The number of nitrogens with zero attached hydrogens (tertiary/aromatic N) is 1. The van der Waals surface area contributed by atoms with E-state index in [1.165, 1.54) is 23.5 Å². The van der Waals surface area contributed by atoms with E-state index < -0.39 is 5.91 Å². The van der Waals surface area contributed by atoms with Gasteiger partial charge in [0.15, 0.2) is 5.13 Å². The molecule has 0 aliphatic carbocycles. The predicted molar refractivity (Wildman–Crippen MR) is 84.5 cm³/mol. The van der Waals surface area contributed by atoms with Gasteiger partial charge in [0.05, 0.1) is 23.2 Å². The Balaban J connectivity index is 2.08. The molecule has 108 valence electrons. The van der Waals surface area contributed by atoms with Gasteiger partial charge in [-0.3, -0.25) is 10.1 Å². The van der Waals surface area contributed by atoms with Crippen LogP contribution in [0.4, 0.5) is 5.13 Å². The van der Waals surface area contributed by atoms with Crippen molar-refractivity contribution >= 4 is 38.3 Å². The summed E-state index contributed by atoms with van der Waals surface area (Å²) in [5.74, 6) is 5.06. The Morgan fingerprint density at radius 2 is 2.29 bits per heavy atom. The molecule has 0 fully saturated rings. The van der Waals surface area contributed by atoms with E-state index in [9.17, 15) is 9.90 Å². The molecule has 1 amide bonds. The number of aromatic hydroxyl groups is 1. The number of aliphatic hydroxyl groups excluding tert-OH is 1. The molecule has 1 aromatic carbocycles. The van der Waals surface area contributed by atoms with Crippen molar-refractivity contribution in [2.24, 2.45) is 0 Å². The third-order valence-corrected chi connectivity index (χ3v) is 3.70. The third-order valence-electron chi connectivity index (χ3n) is 2.38. The number of hydrogen-bond acceptors (Lipinski definition) is 5. The van der Waals surface area contributed by atoms with Crippen LogP contribution in [0, 0.1) is 11.8 Å². The van der Waals surface area contributed by atoms with Gasteiger partial charge in [-0.1, -0.05) is 39.1 Å². The SMILES string of the molecule is O=C(Nc1ncc(C#CCCO)s1)c1ccc(Br)cc1O. The topological polar surface area (TPSA) is 82.5 Å². The minimum Gasteiger partial charge on any atom is -0.507 e. The Kier molecular flexibility index (Phi) is 5.33. The molecule has 2 aromatic rings. The van der Waals surface area contributed by atoms with Gasteiger partial charge in [0.25, 0.3) is 5.91 Å². The minimum absolute atomic E-state index is 0.0121. The molecule has 5 nitrogen and oxygen atoms in total. The van der Waals surface area contributed by atoms with E-state index in [2.05, 4.69) is 38.1 Å². The van der Waals surface area contributed by atoms with Gasteiger partial charge in [-0.05, 0) is 18.2 Å². The van der Waals surface area contributed by atoms with Crippen LogP contribution in [-0.2, 0) is 0 Å². The number of carbonyl (C=O) groups is 1. The maximum Gasteiger partial charge on any atom is 0.261 e. The van der Waals surface area contributed by atoms with Crippen molar-refractivity contribution in [3.63, 3.8) is 0 Å². The normalized spacial score (nSPS) is 9.81. The van der Waals surface area contributed by atoms with E-state index in [4.69, 9.17) is 5.11 Å². The summed E-state index contributed by atoms with van der Waals surface area (Å²) in [6, 6.07) is 4.63. The molecule has 0 atom stereocenters. The van der Waals surface area contributed by atoms with Crippen LogP contribution in [0.3, 0.4) is 0 Å². The first-order valence-corrected chi connectivity index (χ1v) is 7.56. The number of phenolic OH excluding ortho intramolecular Hbond substituents is 1. The highest BCUT2D eigenvalue weighted by molar-refractivity contribution is 9.10. The number of thiazole rings is 1. The number of anilines is 1. The molecule has 7 heteroatoms. The Labute approximate surface area is 133 Å². The van der Waals surface area contributed by atoms with Crippen LogP contribution in [0.5, 0.6) is 5.75 Å². The van der Waals surface area contributed by atoms with Crippen LogP contribution in [0.2, 0.25) is 0 Å². The summed E-state index contributed by atoms with van der Waals surface area (Å²) in [5, 5.41) is 21.4. The Morgan fingerprint density at radius 1 is 1.48 bits per heavy atom. The highest BCUT2D eigenvalue weighted by Crippen LogP contribution is 2.24. The second-order valence-electron chi connectivity index (χ2n) is 3.92. The first-order valence-electron chi connectivity index (χ1n) is 5.95. The van der Waals surface area contributed by atoms with Crippen molar-refractivity contribution < 1.29 is 15.0 Å². The molecule has 0 saturated carbocycles. The molecule has 0 bridgehead atoms. The number of aliphatic hydroxyl groups is 1. The van der Waals surface area contributed by atoms with Gasteiger partial charge >= 0.3 is 0 Å². The fourth-order valence-electron chi connectivity index (χ4n) is 1.46. The smallest absolute Gasteiger partial charge is 0.261 e. The molecule has 21 heavy (non-hydrogen) atoms. The third kappa shape index (κ3) is 4.29. The first kappa shape index (κ1) is 15.5. The van der Waals surface area contributed by atoms with Crippen molar-refractivity contribution in [3.8, 4) is 17.6 Å². The predicted octanol–water partition coefficient (Wildman–Crippen LogP) is 2.60. The summed E-state index contributed by atoms with van der Waals surface area (Å²) in [6.07, 6.45) is 1.94. The van der Waals surface area contributed by atoms with Crippen molar-refractivity contribution in [3.05, 3.63) is 39.3 Å². The maximum atomic E-state index is 12.0. The number of aromatic nitrogens is 1. The number of carbonyl (C=O) groups excluding carboxylic acids is 1.